The fraction of sp³-hybridized carbons (Fsp3) is 0.212. The van der Waals surface area contributed by atoms with E-state index in [1.807, 2.05) is 47.0 Å². The average Bonchev–Trinajstić information content (AvgIpc) is 3.39. The lowest BCUT2D eigenvalue weighted by Gasteiger charge is -2.27. The molecule has 6 rings (SSSR count). The van der Waals surface area contributed by atoms with Crippen LogP contribution in [0, 0.1) is 5.82 Å². The highest BCUT2D eigenvalue weighted by Crippen LogP contribution is 2.36. The SMILES string of the molecule is COc1ccc(-c2ccc(Cl)cc2)c(COc2ccc(-c3nc4cc(C(=O)O)ccc4n3C3CC[S+]([O-])CC3)c(F)c2)c1. The average molecular weight is 619 g/mol. The number of halogens is 2. The summed E-state index contributed by atoms with van der Waals surface area (Å²) >= 11 is 5.20. The first-order valence-electron chi connectivity index (χ1n) is 13.8. The van der Waals surface area contributed by atoms with Gasteiger partial charge in [0.2, 0.25) is 0 Å². The lowest BCUT2D eigenvalue weighted by Crippen LogP contribution is -2.26. The molecule has 0 bridgehead atoms. The van der Waals surface area contributed by atoms with Gasteiger partial charge in [0, 0.05) is 35.5 Å². The summed E-state index contributed by atoms with van der Waals surface area (Å²) < 4.78 is 41.3. The molecule has 0 amide bonds. The van der Waals surface area contributed by atoms with E-state index in [0.717, 1.165) is 16.7 Å². The Hall–Kier alpha value is -4.05. The van der Waals surface area contributed by atoms with Crippen molar-refractivity contribution in [1.29, 1.82) is 0 Å². The van der Waals surface area contributed by atoms with Gasteiger partial charge in [-0.3, -0.25) is 0 Å². The third-order valence-corrected chi connectivity index (χ3v) is 9.34. The van der Waals surface area contributed by atoms with Gasteiger partial charge in [0.15, 0.2) is 0 Å². The number of aromatic nitrogens is 2. The van der Waals surface area contributed by atoms with Crippen LogP contribution in [0.2, 0.25) is 5.02 Å². The van der Waals surface area contributed by atoms with Crippen LogP contribution in [-0.4, -0.2) is 43.8 Å². The standard InChI is InChI=1S/C33H28ClFN2O5S/c1-41-25-7-9-27(20-2-5-23(34)6-3-20)22(16-25)19-42-26-8-10-28(29(35)18-26)32-36-30-17-21(33(38)39)4-11-31(30)37(32)24-12-14-43(40)15-13-24/h2-11,16-18,24H,12-15,19H2,1H3,(H,38,39). The van der Waals surface area contributed by atoms with Crippen molar-refractivity contribution >= 4 is 39.8 Å². The predicted octanol–water partition coefficient (Wildman–Crippen LogP) is 7.53. The van der Waals surface area contributed by atoms with Gasteiger partial charge in [-0.15, -0.1) is 0 Å². The van der Waals surface area contributed by atoms with Crippen molar-refractivity contribution < 1.29 is 28.3 Å². The molecular weight excluding hydrogens is 591 g/mol. The minimum Gasteiger partial charge on any atom is -0.616 e. The molecule has 0 spiro atoms. The van der Waals surface area contributed by atoms with Crippen LogP contribution in [0.1, 0.15) is 34.8 Å². The number of hydrogen-bond acceptors (Lipinski definition) is 5. The molecule has 0 atom stereocenters. The number of rotatable bonds is 8. The number of ether oxygens (including phenoxy) is 2. The van der Waals surface area contributed by atoms with Gasteiger partial charge < -0.3 is 23.7 Å². The van der Waals surface area contributed by atoms with Crippen LogP contribution in [0.3, 0.4) is 0 Å². The van der Waals surface area contributed by atoms with Crippen LogP contribution in [0.5, 0.6) is 11.5 Å². The van der Waals surface area contributed by atoms with Gasteiger partial charge in [-0.1, -0.05) is 41.0 Å². The third-order valence-electron chi connectivity index (χ3n) is 7.70. The van der Waals surface area contributed by atoms with Gasteiger partial charge in [0.25, 0.3) is 0 Å². The van der Waals surface area contributed by atoms with E-state index in [2.05, 4.69) is 0 Å². The van der Waals surface area contributed by atoms with Gasteiger partial charge in [0.1, 0.15) is 41.3 Å². The van der Waals surface area contributed by atoms with Gasteiger partial charge in [-0.2, -0.15) is 0 Å². The number of carboxylic acid groups (broad SMARTS) is 1. The van der Waals surface area contributed by atoms with Gasteiger partial charge in [0.05, 0.1) is 29.3 Å². The summed E-state index contributed by atoms with van der Waals surface area (Å²) in [4.78, 5) is 16.3. The van der Waals surface area contributed by atoms with E-state index < -0.39 is 23.0 Å². The van der Waals surface area contributed by atoms with Crippen LogP contribution >= 0.6 is 11.6 Å². The highest BCUT2D eigenvalue weighted by molar-refractivity contribution is 7.91. The molecule has 0 saturated carbocycles. The van der Waals surface area contributed by atoms with Crippen molar-refractivity contribution in [3.8, 4) is 34.0 Å². The van der Waals surface area contributed by atoms with Crippen molar-refractivity contribution in [2.24, 2.45) is 0 Å². The van der Waals surface area contributed by atoms with Crippen LogP contribution < -0.4 is 9.47 Å². The normalized spacial score (nSPS) is 16.7. The molecule has 1 aliphatic heterocycles. The van der Waals surface area contributed by atoms with E-state index in [1.165, 1.54) is 18.2 Å². The minimum atomic E-state index is -1.06. The number of imidazole rings is 1. The number of nitrogens with zero attached hydrogens (tertiary/aromatic N) is 2. The molecule has 220 valence electrons. The van der Waals surface area contributed by atoms with Crippen molar-refractivity contribution in [1.82, 2.24) is 9.55 Å². The summed E-state index contributed by atoms with van der Waals surface area (Å²) in [6, 6.07) is 22.6. The molecule has 4 aromatic carbocycles. The second-order valence-electron chi connectivity index (χ2n) is 10.4. The maximum atomic E-state index is 15.8. The number of carboxylic acids is 1. The third kappa shape index (κ3) is 6.06. The number of fused-ring (bicyclic) bond motifs is 1. The molecule has 7 nitrogen and oxygen atoms in total. The first-order valence-corrected chi connectivity index (χ1v) is 15.6. The number of methoxy groups -OCH3 is 1. The molecule has 1 fully saturated rings. The largest absolute Gasteiger partial charge is 0.616 e. The van der Waals surface area contributed by atoms with E-state index in [-0.39, 0.29) is 23.8 Å². The van der Waals surface area contributed by atoms with Crippen LogP contribution in [0.25, 0.3) is 33.5 Å². The Morgan fingerprint density at radius 1 is 1.02 bits per heavy atom. The van der Waals surface area contributed by atoms with E-state index in [1.54, 1.807) is 25.3 Å². The second kappa shape index (κ2) is 12.3. The number of benzene rings is 4. The fourth-order valence-electron chi connectivity index (χ4n) is 5.49. The monoisotopic (exact) mass is 618 g/mol. The zero-order chi connectivity index (χ0) is 30.1. The van der Waals surface area contributed by atoms with E-state index >= 15 is 4.39 Å². The smallest absolute Gasteiger partial charge is 0.335 e. The quantitative estimate of drug-likeness (QED) is 0.181. The van der Waals surface area contributed by atoms with E-state index in [4.69, 9.17) is 26.1 Å². The molecule has 0 aliphatic carbocycles. The molecule has 5 aromatic rings. The first-order chi connectivity index (χ1) is 20.8. The first kappa shape index (κ1) is 29.0. The molecule has 2 heterocycles. The Kier molecular flexibility index (Phi) is 8.30. The van der Waals surface area contributed by atoms with Crippen molar-refractivity contribution in [2.45, 2.75) is 25.5 Å². The van der Waals surface area contributed by atoms with Gasteiger partial charge in [-0.05, 0) is 65.7 Å². The topological polar surface area (TPSA) is 96.6 Å². The second-order valence-corrected chi connectivity index (χ2v) is 12.5. The zero-order valence-electron chi connectivity index (χ0n) is 23.3. The maximum absolute atomic E-state index is 15.8. The molecular formula is C33H28ClFN2O5S. The van der Waals surface area contributed by atoms with Crippen molar-refractivity contribution in [3.63, 3.8) is 0 Å². The Morgan fingerprint density at radius 2 is 1.74 bits per heavy atom. The molecule has 1 aliphatic rings. The summed E-state index contributed by atoms with van der Waals surface area (Å²) in [6.45, 7) is 0.170. The summed E-state index contributed by atoms with van der Waals surface area (Å²) in [5.41, 5.74) is 4.32. The molecule has 1 aromatic heterocycles. The Labute approximate surface area is 256 Å². The Bertz CT molecular complexity index is 1800. The fourth-order valence-corrected chi connectivity index (χ4v) is 6.89. The van der Waals surface area contributed by atoms with Crippen LogP contribution in [0.15, 0.2) is 78.9 Å². The zero-order valence-corrected chi connectivity index (χ0v) is 24.8. The van der Waals surface area contributed by atoms with E-state index in [0.29, 0.717) is 57.7 Å². The number of aromatic carboxylic acids is 1. The van der Waals surface area contributed by atoms with Crippen molar-refractivity contribution in [2.75, 3.05) is 18.6 Å². The predicted molar refractivity (Wildman–Crippen MR) is 166 cm³/mol. The Morgan fingerprint density at radius 3 is 2.44 bits per heavy atom. The summed E-state index contributed by atoms with van der Waals surface area (Å²) in [5, 5.41) is 10.1. The minimum absolute atomic E-state index is 0.0388. The lowest BCUT2D eigenvalue weighted by molar-refractivity contribution is 0.0697. The maximum Gasteiger partial charge on any atom is 0.335 e. The number of carbonyl (C=O) groups is 1. The highest BCUT2D eigenvalue weighted by Gasteiger charge is 2.28. The van der Waals surface area contributed by atoms with Crippen molar-refractivity contribution in [3.05, 3.63) is 101 Å². The molecule has 43 heavy (non-hydrogen) atoms. The van der Waals surface area contributed by atoms with Crippen LogP contribution in [-0.2, 0) is 17.8 Å². The Balaban J connectivity index is 1.32. The van der Waals surface area contributed by atoms with Gasteiger partial charge >= 0.3 is 5.97 Å². The molecule has 0 radical (unpaired) electrons. The molecule has 0 unspecified atom stereocenters. The molecule has 1 N–H and O–H groups in total. The lowest BCUT2D eigenvalue weighted by atomic mass is 10.00. The molecule has 10 heteroatoms. The highest BCUT2D eigenvalue weighted by atomic mass is 35.5. The van der Waals surface area contributed by atoms with Gasteiger partial charge in [-0.25, -0.2) is 14.2 Å². The number of hydrogen-bond donors (Lipinski definition) is 1. The summed E-state index contributed by atoms with van der Waals surface area (Å²) in [6.07, 6.45) is 1.32. The van der Waals surface area contributed by atoms with Crippen LogP contribution in [0.4, 0.5) is 4.39 Å². The molecule has 1 saturated heterocycles. The van der Waals surface area contributed by atoms with E-state index in [9.17, 15) is 14.5 Å². The summed E-state index contributed by atoms with van der Waals surface area (Å²) in [5.74, 6) is 0.939. The summed E-state index contributed by atoms with van der Waals surface area (Å²) in [7, 11) is 1.60.